The molecule has 0 aliphatic rings. The zero-order chi connectivity index (χ0) is 21.9. The number of H-pyrrole nitrogens is 1. The lowest BCUT2D eigenvalue weighted by atomic mass is 10.2. The van der Waals surface area contributed by atoms with Gasteiger partial charge in [-0.25, -0.2) is 14.2 Å². The number of carboxylic acids is 1. The van der Waals surface area contributed by atoms with Crippen molar-refractivity contribution in [3.8, 4) is 11.4 Å². The number of carbonyl (C=O) groups is 1. The molecule has 0 saturated heterocycles. The number of ether oxygens (including phenoxy) is 2. The summed E-state index contributed by atoms with van der Waals surface area (Å²) in [5, 5.41) is 8.44. The van der Waals surface area contributed by atoms with E-state index in [1.807, 2.05) is 0 Å². The summed E-state index contributed by atoms with van der Waals surface area (Å²) >= 11 is 12.0. The van der Waals surface area contributed by atoms with Gasteiger partial charge in [0.05, 0.1) is 28.9 Å². The predicted octanol–water partition coefficient (Wildman–Crippen LogP) is 2.85. The Balaban J connectivity index is 2.51. The molecule has 0 atom stereocenters. The molecule has 8 nitrogen and oxygen atoms in total. The summed E-state index contributed by atoms with van der Waals surface area (Å²) in [5.41, 5.74) is -4.50. The van der Waals surface area contributed by atoms with Crippen LogP contribution in [-0.2, 0) is 15.7 Å². The van der Waals surface area contributed by atoms with E-state index in [0.717, 1.165) is 18.2 Å². The minimum atomic E-state index is -4.93. The normalized spacial score (nSPS) is 12.0. The van der Waals surface area contributed by atoms with Crippen LogP contribution < -0.4 is 16.0 Å². The molecule has 0 aliphatic heterocycles. The number of rotatable bonds is 6. The number of hydrogen-bond donors (Lipinski definition) is 2. The van der Waals surface area contributed by atoms with Crippen LogP contribution in [0.3, 0.4) is 0 Å². The van der Waals surface area contributed by atoms with Gasteiger partial charge in [0.15, 0.2) is 0 Å². The standard InChI is InChI=1S/C16H11Cl2F3N2O6/c1-28-7(2-14(25)26)6-29-11-4-10(8(17)3-9(11)18)23-13(24)5-12(16(19,20)21)22-15(23)27/h2-5H,6H2,1H3,(H,22,27)(H,25,26)/b7-2-. The topological polar surface area (TPSA) is 111 Å². The lowest BCUT2D eigenvalue weighted by molar-refractivity contribution is -0.141. The lowest BCUT2D eigenvalue weighted by Crippen LogP contribution is -2.36. The highest BCUT2D eigenvalue weighted by molar-refractivity contribution is 6.36. The van der Waals surface area contributed by atoms with Gasteiger partial charge in [0, 0.05) is 12.1 Å². The van der Waals surface area contributed by atoms with Crippen molar-refractivity contribution in [2.24, 2.45) is 0 Å². The number of methoxy groups -OCH3 is 1. The Morgan fingerprint density at radius 1 is 1.24 bits per heavy atom. The maximum absolute atomic E-state index is 12.7. The molecule has 0 radical (unpaired) electrons. The predicted molar refractivity (Wildman–Crippen MR) is 95.9 cm³/mol. The van der Waals surface area contributed by atoms with Crippen LogP contribution in [0.2, 0.25) is 10.0 Å². The summed E-state index contributed by atoms with van der Waals surface area (Å²) in [6.07, 6.45) is -4.20. The van der Waals surface area contributed by atoms with E-state index >= 15 is 0 Å². The molecule has 0 unspecified atom stereocenters. The quantitative estimate of drug-likeness (QED) is 0.512. The Labute approximate surface area is 169 Å². The Morgan fingerprint density at radius 2 is 1.90 bits per heavy atom. The average molecular weight is 455 g/mol. The molecule has 0 bridgehead atoms. The minimum Gasteiger partial charge on any atom is -0.497 e. The maximum Gasteiger partial charge on any atom is 0.431 e. The fourth-order valence-electron chi connectivity index (χ4n) is 2.12. The first-order valence-electron chi connectivity index (χ1n) is 7.47. The molecule has 0 amide bonds. The van der Waals surface area contributed by atoms with Crippen LogP contribution in [0.4, 0.5) is 13.2 Å². The summed E-state index contributed by atoms with van der Waals surface area (Å²) in [6, 6.07) is 2.35. The van der Waals surface area contributed by atoms with E-state index in [9.17, 15) is 27.6 Å². The van der Waals surface area contributed by atoms with Crippen molar-refractivity contribution in [2.75, 3.05) is 13.7 Å². The molecule has 1 aromatic carbocycles. The summed E-state index contributed by atoms with van der Waals surface area (Å²) in [6.45, 7) is -0.387. The molecule has 156 valence electrons. The molecule has 2 N–H and O–H groups in total. The smallest absolute Gasteiger partial charge is 0.431 e. The van der Waals surface area contributed by atoms with Gasteiger partial charge < -0.3 is 19.6 Å². The van der Waals surface area contributed by atoms with Gasteiger partial charge in [-0.15, -0.1) is 0 Å². The van der Waals surface area contributed by atoms with Crippen LogP contribution in [0.25, 0.3) is 5.69 Å². The second-order valence-electron chi connectivity index (χ2n) is 5.34. The fraction of sp³-hybridized carbons (Fsp3) is 0.188. The van der Waals surface area contributed by atoms with Crippen molar-refractivity contribution in [1.29, 1.82) is 0 Å². The van der Waals surface area contributed by atoms with Crippen molar-refractivity contribution in [3.05, 3.63) is 66.6 Å². The number of alkyl halides is 3. The summed E-state index contributed by atoms with van der Waals surface area (Å²) in [4.78, 5) is 36.4. The van der Waals surface area contributed by atoms with Crippen LogP contribution in [0.15, 0.2) is 39.6 Å². The monoisotopic (exact) mass is 454 g/mol. The summed E-state index contributed by atoms with van der Waals surface area (Å²) in [5.74, 6) is -1.52. The molecule has 0 fully saturated rings. The molecule has 2 aromatic rings. The van der Waals surface area contributed by atoms with Gasteiger partial charge in [-0.3, -0.25) is 4.79 Å². The third kappa shape index (κ3) is 5.33. The highest BCUT2D eigenvalue weighted by Crippen LogP contribution is 2.33. The molecule has 0 aliphatic carbocycles. The van der Waals surface area contributed by atoms with Crippen LogP contribution >= 0.6 is 23.2 Å². The van der Waals surface area contributed by atoms with Gasteiger partial charge in [-0.05, 0) is 6.07 Å². The van der Waals surface area contributed by atoms with E-state index < -0.39 is 29.1 Å². The average Bonchev–Trinajstić information content (AvgIpc) is 2.59. The highest BCUT2D eigenvalue weighted by atomic mass is 35.5. The third-order valence-corrected chi connectivity index (χ3v) is 4.00. The van der Waals surface area contributed by atoms with Gasteiger partial charge in [0.1, 0.15) is 23.8 Å². The van der Waals surface area contributed by atoms with Gasteiger partial charge >= 0.3 is 17.8 Å². The Hall–Kier alpha value is -2.92. The molecule has 1 heterocycles. The Morgan fingerprint density at radius 3 is 2.41 bits per heavy atom. The van der Waals surface area contributed by atoms with E-state index in [1.165, 1.54) is 7.11 Å². The Kier molecular flexibility index (Phi) is 6.65. The number of hydrogen-bond acceptors (Lipinski definition) is 5. The second kappa shape index (κ2) is 8.62. The number of nitrogens with zero attached hydrogens (tertiary/aromatic N) is 1. The first kappa shape index (κ1) is 22.4. The molecular weight excluding hydrogens is 444 g/mol. The van der Waals surface area contributed by atoms with Crippen LogP contribution in [-0.4, -0.2) is 34.3 Å². The van der Waals surface area contributed by atoms with E-state index in [0.29, 0.717) is 4.57 Å². The highest BCUT2D eigenvalue weighted by Gasteiger charge is 2.33. The minimum absolute atomic E-state index is 0.0686. The number of aromatic nitrogens is 2. The molecular formula is C16H11Cl2F3N2O6. The number of halogens is 5. The van der Waals surface area contributed by atoms with Gasteiger partial charge in [-0.1, -0.05) is 23.2 Å². The molecule has 2 rings (SSSR count). The largest absolute Gasteiger partial charge is 0.497 e. The number of benzene rings is 1. The SMILES string of the molecule is CO/C(=C\C(=O)O)COc1cc(-n2c(=O)cc(C(F)(F)F)[nH]c2=O)c(Cl)cc1Cl. The number of aromatic amines is 1. The maximum atomic E-state index is 12.7. The van der Waals surface area contributed by atoms with E-state index in [1.54, 1.807) is 4.98 Å². The van der Waals surface area contributed by atoms with Gasteiger partial charge in [0.25, 0.3) is 5.56 Å². The van der Waals surface area contributed by atoms with E-state index in [-0.39, 0.29) is 39.9 Å². The van der Waals surface area contributed by atoms with Crippen LogP contribution in [0.1, 0.15) is 5.69 Å². The van der Waals surface area contributed by atoms with Gasteiger partial charge in [-0.2, -0.15) is 13.2 Å². The van der Waals surface area contributed by atoms with Crippen molar-refractivity contribution in [1.82, 2.24) is 9.55 Å². The van der Waals surface area contributed by atoms with Crippen molar-refractivity contribution < 1.29 is 32.5 Å². The number of aliphatic carboxylic acids is 1. The zero-order valence-electron chi connectivity index (χ0n) is 14.3. The van der Waals surface area contributed by atoms with Crippen LogP contribution in [0.5, 0.6) is 5.75 Å². The van der Waals surface area contributed by atoms with Crippen molar-refractivity contribution in [3.63, 3.8) is 0 Å². The first-order valence-corrected chi connectivity index (χ1v) is 8.23. The zero-order valence-corrected chi connectivity index (χ0v) is 15.9. The lowest BCUT2D eigenvalue weighted by Gasteiger charge is -2.14. The Bertz CT molecular complexity index is 1060. The summed E-state index contributed by atoms with van der Waals surface area (Å²) < 4.78 is 48.7. The molecule has 13 heteroatoms. The molecule has 29 heavy (non-hydrogen) atoms. The van der Waals surface area contributed by atoms with E-state index in [4.69, 9.17) is 37.8 Å². The number of carboxylic acid groups (broad SMARTS) is 1. The van der Waals surface area contributed by atoms with Gasteiger partial charge in [0.2, 0.25) is 0 Å². The second-order valence-corrected chi connectivity index (χ2v) is 6.15. The number of nitrogens with one attached hydrogen (secondary N) is 1. The molecule has 1 aromatic heterocycles. The van der Waals surface area contributed by atoms with Crippen LogP contribution in [0, 0.1) is 0 Å². The molecule has 0 spiro atoms. The first-order chi connectivity index (χ1) is 13.4. The molecule has 0 saturated carbocycles. The fourth-order valence-corrected chi connectivity index (χ4v) is 2.64. The van der Waals surface area contributed by atoms with E-state index in [2.05, 4.69) is 0 Å². The third-order valence-electron chi connectivity index (χ3n) is 3.40. The van der Waals surface area contributed by atoms with Crippen molar-refractivity contribution in [2.45, 2.75) is 6.18 Å². The summed E-state index contributed by atoms with van der Waals surface area (Å²) in [7, 11) is 1.20. The van der Waals surface area contributed by atoms with Crippen molar-refractivity contribution >= 4 is 29.2 Å².